The van der Waals surface area contributed by atoms with Gasteiger partial charge in [0.05, 0.1) is 68.7 Å². The molecule has 0 saturated carbocycles. The third-order valence-corrected chi connectivity index (χ3v) is 11.8. The van der Waals surface area contributed by atoms with E-state index in [1.807, 2.05) is 30.6 Å². The molecule has 29 nitrogen and oxygen atoms in total. The number of nitrogens with zero attached hydrogens (tertiary/aromatic N) is 8. The number of allylic oxidation sites excluding steroid dienone is 1. The van der Waals surface area contributed by atoms with Crippen molar-refractivity contribution in [1.82, 2.24) is 27.3 Å². The van der Waals surface area contributed by atoms with Crippen LogP contribution in [0.2, 0.25) is 0 Å². The smallest absolute Gasteiger partial charge is 0.347 e. The minimum Gasteiger partial charge on any atom is -0.487 e. The van der Waals surface area contributed by atoms with Crippen LogP contribution < -0.4 is 19.3 Å². The standard InChI is InChI=1S/C27H40N4O13S.C22H34N4O8S/c1-16(42-18(3)32)25(36)40-14-21(34)31(27(5,6)7)12-20(44-22(35)15-41-26(37)17(2)43-19(4)33)13-39-24-23(28-45-29-24)30-8-10-38-11-9-30;1-15(2)31-14-19(29)34-17(11-26(22(4,5)6)18(28)13-32-16(3)27)12-33-21-20(23-35-24-21)25-7-9-30-10-8-25/h16-17,20H,8-15H2,1-7H3;17H,1,7-14H2,2-6H3/t16?,17?,20-;17-/m00/s1. The van der Waals surface area contributed by atoms with Crippen LogP contribution >= 0.6 is 23.5 Å². The van der Waals surface area contributed by atoms with Crippen LogP contribution in [0.4, 0.5) is 11.6 Å². The maximum absolute atomic E-state index is 13.2. The zero-order valence-corrected chi connectivity index (χ0v) is 48.9. The van der Waals surface area contributed by atoms with Crippen LogP contribution in [-0.4, -0.2) is 222 Å². The lowest BCUT2D eigenvalue weighted by Crippen LogP contribution is -2.52. The predicted molar refractivity (Wildman–Crippen MR) is 281 cm³/mol. The Morgan fingerprint density at radius 1 is 0.537 bits per heavy atom. The first kappa shape index (κ1) is 67.3. The van der Waals surface area contributed by atoms with Crippen molar-refractivity contribution in [3.8, 4) is 11.8 Å². The first-order valence-corrected chi connectivity index (χ1v) is 26.7. The Bertz CT molecular complexity index is 2400. The van der Waals surface area contributed by atoms with Crippen molar-refractivity contribution in [2.45, 2.75) is 119 Å². The quantitative estimate of drug-likeness (QED) is 0.0698. The molecule has 0 radical (unpaired) electrons. The van der Waals surface area contributed by atoms with E-state index >= 15 is 0 Å². The van der Waals surface area contributed by atoms with Crippen molar-refractivity contribution < 1.29 is 100.0 Å². The highest BCUT2D eigenvalue weighted by molar-refractivity contribution is 6.99. The Morgan fingerprint density at radius 3 is 1.25 bits per heavy atom. The van der Waals surface area contributed by atoms with Gasteiger partial charge in [-0.05, 0) is 62.3 Å². The molecule has 2 aliphatic heterocycles. The van der Waals surface area contributed by atoms with Gasteiger partial charge in [0, 0.05) is 58.0 Å². The van der Waals surface area contributed by atoms with Gasteiger partial charge in [-0.25, -0.2) is 19.2 Å². The van der Waals surface area contributed by atoms with Gasteiger partial charge >= 0.3 is 41.8 Å². The number of esters is 7. The summed E-state index contributed by atoms with van der Waals surface area (Å²) in [6, 6.07) is 0. The highest BCUT2D eigenvalue weighted by Crippen LogP contribution is 2.29. The first-order valence-electron chi connectivity index (χ1n) is 25.2. The van der Waals surface area contributed by atoms with Gasteiger partial charge in [0.25, 0.3) is 23.6 Å². The molecule has 2 fully saturated rings. The summed E-state index contributed by atoms with van der Waals surface area (Å²) in [7, 11) is 0. The van der Waals surface area contributed by atoms with Gasteiger partial charge in [0.1, 0.15) is 13.2 Å². The molecule has 2 aromatic heterocycles. The molecule has 31 heteroatoms. The minimum atomic E-state index is -1.24. The van der Waals surface area contributed by atoms with Crippen molar-refractivity contribution in [1.29, 1.82) is 0 Å². The Balaban J connectivity index is 0.000000433. The van der Waals surface area contributed by atoms with E-state index in [1.54, 1.807) is 27.7 Å². The van der Waals surface area contributed by atoms with E-state index in [4.69, 9.17) is 56.8 Å². The number of rotatable bonds is 27. The molecule has 2 aliphatic rings. The van der Waals surface area contributed by atoms with E-state index < -0.39 is 109 Å². The molecule has 4 heterocycles. The van der Waals surface area contributed by atoms with E-state index in [1.165, 1.54) is 30.6 Å². The van der Waals surface area contributed by atoms with Gasteiger partial charge in [0.15, 0.2) is 50.8 Å². The molecule has 0 N–H and O–H groups in total. The number of ether oxygens (including phenoxy) is 12. The van der Waals surface area contributed by atoms with Crippen molar-refractivity contribution in [2.75, 3.05) is 115 Å². The second-order valence-corrected chi connectivity index (χ2v) is 20.7. The summed E-state index contributed by atoms with van der Waals surface area (Å²) in [5, 5.41) is 0. The zero-order valence-electron chi connectivity index (χ0n) is 47.3. The van der Waals surface area contributed by atoms with Gasteiger partial charge in [0.2, 0.25) is 11.6 Å². The normalized spacial score (nSPS) is 14.9. The summed E-state index contributed by atoms with van der Waals surface area (Å²) >= 11 is 1.94. The lowest BCUT2D eigenvalue weighted by Gasteiger charge is -2.37. The van der Waals surface area contributed by atoms with Crippen LogP contribution in [0.25, 0.3) is 0 Å². The number of anilines is 2. The van der Waals surface area contributed by atoms with Gasteiger partial charge in [-0.2, -0.15) is 8.75 Å². The molecule has 2 aromatic rings. The average Bonchev–Trinajstić information content (AvgIpc) is 4.07. The largest absolute Gasteiger partial charge is 0.487 e. The van der Waals surface area contributed by atoms with Gasteiger partial charge in [-0.1, -0.05) is 6.58 Å². The molecule has 0 aromatic carbocycles. The Hall–Kier alpha value is -6.99. The zero-order chi connectivity index (χ0) is 59.7. The monoisotopic (exact) mass is 1170 g/mol. The molecule has 448 valence electrons. The SMILES string of the molecule is C=C(C)OCC(=O)O[C@H](COc1nsnc1N1CCOCC1)CN(C(=O)COC(C)=O)C(C)(C)C.CC(=O)OC(C)C(=O)OCC(=O)O[C@H](COc1nsnc1N1CCOCC1)CN(C(=O)COC(=O)C(C)OC(C)=O)C(C)(C)C. The van der Waals surface area contributed by atoms with Crippen LogP contribution in [0.15, 0.2) is 12.3 Å². The molecule has 4 atom stereocenters. The second-order valence-electron chi connectivity index (χ2n) is 19.7. The molecule has 2 saturated heterocycles. The number of carbonyl (C=O) groups is 9. The van der Waals surface area contributed by atoms with Crippen molar-refractivity contribution in [2.24, 2.45) is 0 Å². The lowest BCUT2D eigenvalue weighted by atomic mass is 10.1. The topological polar surface area (TPSA) is 329 Å². The second kappa shape index (κ2) is 32.9. The van der Waals surface area contributed by atoms with Crippen LogP contribution in [0.5, 0.6) is 11.8 Å². The number of carbonyl (C=O) groups excluding carboxylic acids is 9. The number of hydrogen-bond donors (Lipinski definition) is 0. The molecule has 2 amide bonds. The number of hydrogen-bond acceptors (Lipinski definition) is 29. The summed E-state index contributed by atoms with van der Waals surface area (Å²) in [5.41, 5.74) is -1.51. The summed E-state index contributed by atoms with van der Waals surface area (Å²) in [5.74, 6) is -4.60. The van der Waals surface area contributed by atoms with Crippen LogP contribution in [0, 0.1) is 0 Å². The summed E-state index contributed by atoms with van der Waals surface area (Å²) < 4.78 is 80.2. The highest BCUT2D eigenvalue weighted by atomic mass is 32.1. The van der Waals surface area contributed by atoms with Crippen molar-refractivity contribution >= 4 is 88.7 Å². The average molecular weight is 1180 g/mol. The molecule has 2 unspecified atom stereocenters. The van der Waals surface area contributed by atoms with Crippen LogP contribution in [0.3, 0.4) is 0 Å². The maximum atomic E-state index is 13.2. The number of amides is 2. The number of aromatic nitrogens is 4. The van der Waals surface area contributed by atoms with Gasteiger partial charge < -0.3 is 76.4 Å². The van der Waals surface area contributed by atoms with Crippen LogP contribution in [0.1, 0.15) is 83.1 Å². The van der Waals surface area contributed by atoms with Gasteiger partial charge in [-0.15, -0.1) is 8.75 Å². The molecule has 0 spiro atoms. The van der Waals surface area contributed by atoms with E-state index in [-0.39, 0.29) is 38.8 Å². The fourth-order valence-corrected chi connectivity index (χ4v) is 8.04. The van der Waals surface area contributed by atoms with E-state index in [0.29, 0.717) is 75.9 Å². The highest BCUT2D eigenvalue weighted by Gasteiger charge is 2.35. The third kappa shape index (κ3) is 24.6. The molecule has 80 heavy (non-hydrogen) atoms. The maximum Gasteiger partial charge on any atom is 0.347 e. The predicted octanol–water partition coefficient (Wildman–Crippen LogP) is 1.69. The minimum absolute atomic E-state index is 0.00708. The molecule has 4 rings (SSSR count). The third-order valence-electron chi connectivity index (χ3n) is 10.8. The lowest BCUT2D eigenvalue weighted by molar-refractivity contribution is -0.174. The fraction of sp³-hybridized carbons (Fsp3) is 0.694. The van der Waals surface area contributed by atoms with Crippen molar-refractivity contribution in [3.05, 3.63) is 12.3 Å². The van der Waals surface area contributed by atoms with Crippen LogP contribution in [-0.2, 0) is 90.5 Å². The Kier molecular flexibility index (Phi) is 27.7. The number of morpholine rings is 2. The molecular weight excluding hydrogens is 1100 g/mol. The molecular formula is C49H74N8O21S2. The van der Waals surface area contributed by atoms with E-state index in [9.17, 15) is 43.2 Å². The summed E-state index contributed by atoms with van der Waals surface area (Å²) in [6.45, 7) is 23.6. The Morgan fingerprint density at radius 2 is 0.900 bits per heavy atom. The summed E-state index contributed by atoms with van der Waals surface area (Å²) in [6.07, 6.45) is -4.46. The first-order chi connectivity index (χ1) is 37.5. The molecule has 0 bridgehead atoms. The van der Waals surface area contributed by atoms with E-state index in [2.05, 4.69) is 24.1 Å². The molecule has 0 aliphatic carbocycles. The Labute approximate surface area is 472 Å². The fourth-order valence-electron chi connectivity index (χ4n) is 7.00. The van der Waals surface area contributed by atoms with Crippen molar-refractivity contribution in [3.63, 3.8) is 0 Å². The van der Waals surface area contributed by atoms with Gasteiger partial charge in [-0.3, -0.25) is 24.0 Å². The van der Waals surface area contributed by atoms with E-state index in [0.717, 1.165) is 37.3 Å². The summed E-state index contributed by atoms with van der Waals surface area (Å²) in [4.78, 5) is 116.